The summed E-state index contributed by atoms with van der Waals surface area (Å²) in [7, 11) is 0. The molecule has 4 heterocycles. The molecule has 1 aliphatic rings. The number of hydrogen-bond acceptors (Lipinski definition) is 7. The minimum atomic E-state index is -0.844. The molecule has 2 N–H and O–H groups in total. The fraction of sp³-hybridized carbons (Fsp3) is 0.350. The number of nitrogens with one attached hydrogen (secondary N) is 1. The molecule has 9 nitrogen and oxygen atoms in total. The molecule has 0 spiro atoms. The average Bonchev–Trinajstić information content (AvgIpc) is 3.13. The second-order valence-electron chi connectivity index (χ2n) is 7.02. The molecule has 0 fully saturated rings. The average molecular weight is 393 g/mol. The number of aryl methyl sites for hydroxylation is 2. The summed E-state index contributed by atoms with van der Waals surface area (Å²) in [5.74, 6) is 0.829. The number of aliphatic hydroxyl groups is 1. The van der Waals surface area contributed by atoms with E-state index in [1.165, 1.54) is 6.33 Å². The molecule has 0 bridgehead atoms. The van der Waals surface area contributed by atoms with Crippen LogP contribution in [0.4, 0.5) is 11.5 Å². The summed E-state index contributed by atoms with van der Waals surface area (Å²) in [5, 5.41) is 17.7. The molecule has 150 valence electrons. The van der Waals surface area contributed by atoms with E-state index in [-0.39, 0.29) is 12.3 Å². The maximum atomic E-state index is 12.7. The lowest BCUT2D eigenvalue weighted by Gasteiger charge is -2.28. The quantitative estimate of drug-likeness (QED) is 0.617. The Bertz CT molecular complexity index is 972. The lowest BCUT2D eigenvalue weighted by Crippen LogP contribution is -2.38. The summed E-state index contributed by atoms with van der Waals surface area (Å²) in [6.07, 6.45) is 7.07. The summed E-state index contributed by atoms with van der Waals surface area (Å²) >= 11 is 0. The molecule has 0 saturated heterocycles. The molecule has 9 heteroatoms. The molecule has 1 aliphatic heterocycles. The van der Waals surface area contributed by atoms with Crippen molar-refractivity contribution in [3.63, 3.8) is 0 Å². The van der Waals surface area contributed by atoms with Crippen LogP contribution in [0.1, 0.15) is 25.0 Å². The number of pyridine rings is 1. The fourth-order valence-electron chi connectivity index (χ4n) is 3.40. The first-order chi connectivity index (χ1) is 14.1. The van der Waals surface area contributed by atoms with Crippen LogP contribution in [-0.2, 0) is 11.3 Å². The predicted octanol–water partition coefficient (Wildman–Crippen LogP) is 1.99. The Morgan fingerprint density at radius 1 is 1.24 bits per heavy atom. The van der Waals surface area contributed by atoms with Crippen LogP contribution in [0.3, 0.4) is 0 Å². The van der Waals surface area contributed by atoms with Gasteiger partial charge in [-0.3, -0.25) is 14.7 Å². The molecule has 3 aromatic heterocycles. The lowest BCUT2D eigenvalue weighted by atomic mass is 10.2. The summed E-state index contributed by atoms with van der Waals surface area (Å²) in [6, 6.07) is 5.58. The van der Waals surface area contributed by atoms with Gasteiger partial charge in [-0.15, -0.1) is 0 Å². The largest absolute Gasteiger partial charge is 0.374 e. The van der Waals surface area contributed by atoms with E-state index in [4.69, 9.17) is 0 Å². The molecular formula is C20H23N7O2. The zero-order valence-corrected chi connectivity index (χ0v) is 16.2. The standard InChI is InChI=1S/C20H23N7O2/c1-14-9-19-26(7-2-8-27(19)25-14)20(29)6-5-18(28)24-16-3-4-17(23-12-16)15-10-21-13-22-11-15/h3-4,9-13,18,24,28H,2,5-8H2,1H3. The molecule has 0 saturated carbocycles. The van der Waals surface area contributed by atoms with E-state index in [1.807, 2.05) is 29.8 Å². The van der Waals surface area contributed by atoms with E-state index in [0.717, 1.165) is 35.7 Å². The molecule has 0 aliphatic carbocycles. The monoisotopic (exact) mass is 393 g/mol. The highest BCUT2D eigenvalue weighted by Gasteiger charge is 2.24. The van der Waals surface area contributed by atoms with Crippen molar-refractivity contribution in [1.29, 1.82) is 0 Å². The first kappa shape index (κ1) is 19.0. The summed E-state index contributed by atoms with van der Waals surface area (Å²) in [4.78, 5) is 26.7. The molecular weight excluding hydrogens is 370 g/mol. The van der Waals surface area contributed by atoms with E-state index in [2.05, 4.69) is 25.4 Å². The van der Waals surface area contributed by atoms with Gasteiger partial charge in [-0.1, -0.05) is 0 Å². The van der Waals surface area contributed by atoms with Crippen molar-refractivity contribution in [2.45, 2.75) is 39.0 Å². The van der Waals surface area contributed by atoms with Crippen LogP contribution in [0.25, 0.3) is 11.3 Å². The predicted molar refractivity (Wildman–Crippen MR) is 108 cm³/mol. The third-order valence-corrected chi connectivity index (χ3v) is 4.79. The zero-order valence-electron chi connectivity index (χ0n) is 16.2. The van der Waals surface area contributed by atoms with Gasteiger partial charge in [-0.05, 0) is 25.5 Å². The highest BCUT2D eigenvalue weighted by molar-refractivity contribution is 5.92. The van der Waals surface area contributed by atoms with E-state index in [9.17, 15) is 9.90 Å². The van der Waals surface area contributed by atoms with Gasteiger partial charge in [0.1, 0.15) is 18.4 Å². The number of hydrogen-bond donors (Lipinski definition) is 2. The normalized spacial score (nSPS) is 14.3. The summed E-state index contributed by atoms with van der Waals surface area (Å²) in [6.45, 7) is 3.43. The van der Waals surface area contributed by atoms with Crippen molar-refractivity contribution >= 4 is 17.4 Å². The minimum Gasteiger partial charge on any atom is -0.374 e. The van der Waals surface area contributed by atoms with Gasteiger partial charge in [0, 0.05) is 50.0 Å². The van der Waals surface area contributed by atoms with Crippen molar-refractivity contribution in [3.05, 3.63) is 48.8 Å². The van der Waals surface area contributed by atoms with E-state index in [0.29, 0.717) is 18.7 Å². The molecule has 1 unspecified atom stereocenters. The number of nitrogens with zero attached hydrogens (tertiary/aromatic N) is 6. The van der Waals surface area contributed by atoms with Gasteiger partial charge in [-0.2, -0.15) is 5.10 Å². The number of aromatic nitrogens is 5. The van der Waals surface area contributed by atoms with Crippen molar-refractivity contribution in [2.24, 2.45) is 0 Å². The number of rotatable bonds is 6. The smallest absolute Gasteiger partial charge is 0.228 e. The summed E-state index contributed by atoms with van der Waals surface area (Å²) < 4.78 is 1.87. The number of carbonyl (C=O) groups excluding carboxylic acids is 1. The zero-order chi connectivity index (χ0) is 20.2. The van der Waals surface area contributed by atoms with Gasteiger partial charge in [-0.25, -0.2) is 14.6 Å². The van der Waals surface area contributed by atoms with Gasteiger partial charge in [0.15, 0.2) is 0 Å². The molecule has 29 heavy (non-hydrogen) atoms. The fourth-order valence-corrected chi connectivity index (χ4v) is 3.40. The highest BCUT2D eigenvalue weighted by atomic mass is 16.3. The number of fused-ring (bicyclic) bond motifs is 1. The summed E-state index contributed by atoms with van der Waals surface area (Å²) in [5.41, 5.74) is 3.15. The van der Waals surface area contributed by atoms with Gasteiger partial charge < -0.3 is 10.4 Å². The Kier molecular flexibility index (Phi) is 5.48. The maximum Gasteiger partial charge on any atom is 0.228 e. The van der Waals surface area contributed by atoms with Crippen molar-refractivity contribution < 1.29 is 9.90 Å². The Morgan fingerprint density at radius 2 is 2.07 bits per heavy atom. The number of anilines is 2. The van der Waals surface area contributed by atoms with Crippen molar-refractivity contribution in [1.82, 2.24) is 24.7 Å². The second-order valence-corrected chi connectivity index (χ2v) is 7.02. The van der Waals surface area contributed by atoms with Gasteiger partial charge in [0.25, 0.3) is 0 Å². The lowest BCUT2D eigenvalue weighted by molar-refractivity contribution is -0.119. The Morgan fingerprint density at radius 3 is 2.83 bits per heavy atom. The minimum absolute atomic E-state index is 0.00995. The van der Waals surface area contributed by atoms with Crippen LogP contribution in [0.15, 0.2) is 43.1 Å². The van der Waals surface area contributed by atoms with E-state index < -0.39 is 6.23 Å². The molecule has 4 rings (SSSR count). The third kappa shape index (κ3) is 4.40. The first-order valence-corrected chi connectivity index (χ1v) is 9.61. The van der Waals surface area contributed by atoms with E-state index in [1.54, 1.807) is 23.5 Å². The van der Waals surface area contributed by atoms with Crippen LogP contribution in [0.5, 0.6) is 0 Å². The van der Waals surface area contributed by atoms with Crippen molar-refractivity contribution in [2.75, 3.05) is 16.8 Å². The molecule has 0 aromatic carbocycles. The topological polar surface area (TPSA) is 109 Å². The highest BCUT2D eigenvalue weighted by Crippen LogP contribution is 2.23. The van der Waals surface area contributed by atoms with Crippen molar-refractivity contribution in [3.8, 4) is 11.3 Å². The van der Waals surface area contributed by atoms with Crippen LogP contribution in [0, 0.1) is 6.92 Å². The van der Waals surface area contributed by atoms with Crippen LogP contribution >= 0.6 is 0 Å². The number of carbonyl (C=O) groups is 1. The molecule has 1 atom stereocenters. The maximum absolute atomic E-state index is 12.7. The number of amides is 1. The van der Waals surface area contributed by atoms with Gasteiger partial charge >= 0.3 is 0 Å². The van der Waals surface area contributed by atoms with Crippen LogP contribution in [-0.4, -0.2) is 48.5 Å². The molecule has 3 aromatic rings. The third-order valence-electron chi connectivity index (χ3n) is 4.79. The SMILES string of the molecule is Cc1cc2n(n1)CCCN2C(=O)CCC(O)Nc1ccc(-c2cncnc2)nc1. The molecule has 0 radical (unpaired) electrons. The van der Waals surface area contributed by atoms with Gasteiger partial charge in [0.2, 0.25) is 5.91 Å². The Labute approximate surface area is 168 Å². The second kappa shape index (κ2) is 8.36. The van der Waals surface area contributed by atoms with E-state index >= 15 is 0 Å². The van der Waals surface area contributed by atoms with Crippen LogP contribution < -0.4 is 10.2 Å². The Balaban J connectivity index is 1.31. The Hall–Kier alpha value is -3.33. The molecule has 1 amide bonds. The van der Waals surface area contributed by atoms with Crippen LogP contribution in [0.2, 0.25) is 0 Å². The number of aliphatic hydroxyl groups excluding tert-OH is 1. The first-order valence-electron chi connectivity index (χ1n) is 9.61. The van der Waals surface area contributed by atoms with Gasteiger partial charge in [0.05, 0.1) is 23.3 Å².